The molecule has 0 spiro atoms. The minimum atomic E-state index is -3.63. The Morgan fingerprint density at radius 1 is 1.28 bits per heavy atom. The molecule has 0 unspecified atom stereocenters. The van der Waals surface area contributed by atoms with E-state index in [1.54, 1.807) is 24.3 Å². The number of nitrogens with one attached hydrogen (secondary N) is 1. The van der Waals surface area contributed by atoms with Gasteiger partial charge >= 0.3 is 0 Å². The van der Waals surface area contributed by atoms with Crippen LogP contribution in [-0.2, 0) is 21.4 Å². The molecule has 1 aliphatic heterocycles. The first-order chi connectivity index (χ1) is 11.9. The summed E-state index contributed by atoms with van der Waals surface area (Å²) in [5, 5.41) is 3.47. The molecule has 0 aliphatic carbocycles. The van der Waals surface area contributed by atoms with E-state index < -0.39 is 16.1 Å². The van der Waals surface area contributed by atoms with Gasteiger partial charge in [-0.05, 0) is 49.6 Å². The number of amides is 1. The monoisotopic (exact) mass is 398 g/mol. The predicted octanol–water partition coefficient (Wildman–Crippen LogP) is 3.18. The number of halogens is 1. The van der Waals surface area contributed by atoms with E-state index in [0.717, 1.165) is 10.4 Å². The van der Waals surface area contributed by atoms with Gasteiger partial charge in [0.2, 0.25) is 5.91 Å². The van der Waals surface area contributed by atoms with Crippen LogP contribution >= 0.6 is 22.9 Å². The summed E-state index contributed by atoms with van der Waals surface area (Å²) in [4.78, 5) is 13.5. The maximum absolute atomic E-state index is 12.8. The van der Waals surface area contributed by atoms with Crippen LogP contribution in [0.3, 0.4) is 0 Å². The lowest BCUT2D eigenvalue weighted by atomic mass is 10.2. The van der Waals surface area contributed by atoms with E-state index in [1.165, 1.54) is 15.6 Å². The molecule has 1 aromatic heterocycles. The molecule has 3 rings (SSSR count). The third kappa shape index (κ3) is 4.06. The standard InChI is InChI=1S/C17H19ClN2O3S2/c1-12-4-9-16(24-12)25(22,23)20-10-2-3-15(20)17(21)19-11-13-5-7-14(18)8-6-13/h4-9,15H,2-3,10-11H2,1H3,(H,19,21)/t15-/m1/s1. The predicted molar refractivity (Wildman–Crippen MR) is 99.3 cm³/mol. The van der Waals surface area contributed by atoms with Gasteiger partial charge in [-0.2, -0.15) is 4.31 Å². The van der Waals surface area contributed by atoms with Crippen LogP contribution < -0.4 is 5.32 Å². The van der Waals surface area contributed by atoms with Crippen LogP contribution in [0.15, 0.2) is 40.6 Å². The number of hydrogen-bond acceptors (Lipinski definition) is 4. The Kier molecular flexibility index (Phi) is 5.48. The molecule has 1 fully saturated rings. The van der Waals surface area contributed by atoms with Crippen molar-refractivity contribution in [2.45, 2.75) is 36.6 Å². The fourth-order valence-electron chi connectivity index (χ4n) is 2.87. The van der Waals surface area contributed by atoms with Crippen molar-refractivity contribution in [1.29, 1.82) is 0 Å². The zero-order chi connectivity index (χ0) is 18.0. The van der Waals surface area contributed by atoms with Crippen LogP contribution in [0.25, 0.3) is 0 Å². The number of benzene rings is 1. The van der Waals surface area contributed by atoms with Gasteiger partial charge in [0.1, 0.15) is 10.3 Å². The molecule has 2 heterocycles. The van der Waals surface area contributed by atoms with Crippen LogP contribution in [0.2, 0.25) is 5.02 Å². The van der Waals surface area contributed by atoms with Crippen molar-refractivity contribution in [3.8, 4) is 0 Å². The molecule has 25 heavy (non-hydrogen) atoms. The summed E-state index contributed by atoms with van der Waals surface area (Å²) >= 11 is 7.08. The zero-order valence-electron chi connectivity index (χ0n) is 13.7. The van der Waals surface area contributed by atoms with Crippen molar-refractivity contribution in [2.75, 3.05) is 6.54 Å². The highest BCUT2D eigenvalue weighted by molar-refractivity contribution is 7.91. The summed E-state index contributed by atoms with van der Waals surface area (Å²) in [5.74, 6) is -0.260. The van der Waals surface area contributed by atoms with Crippen LogP contribution in [0, 0.1) is 6.92 Å². The highest BCUT2D eigenvalue weighted by Crippen LogP contribution is 2.30. The number of carbonyl (C=O) groups is 1. The number of carbonyl (C=O) groups excluding carboxylic acids is 1. The highest BCUT2D eigenvalue weighted by atomic mass is 35.5. The van der Waals surface area contributed by atoms with Gasteiger partial charge in [-0.15, -0.1) is 11.3 Å². The maximum atomic E-state index is 12.8. The van der Waals surface area contributed by atoms with Gasteiger partial charge in [0.05, 0.1) is 0 Å². The molecule has 1 amide bonds. The van der Waals surface area contributed by atoms with Gasteiger partial charge in [-0.3, -0.25) is 4.79 Å². The average Bonchev–Trinajstić information content (AvgIpc) is 3.23. The minimum Gasteiger partial charge on any atom is -0.351 e. The Hall–Kier alpha value is -1.41. The van der Waals surface area contributed by atoms with Gasteiger partial charge in [0, 0.05) is 23.0 Å². The summed E-state index contributed by atoms with van der Waals surface area (Å²) in [6.45, 7) is 2.58. The second-order valence-corrected chi connectivity index (χ2v) is 9.82. The minimum absolute atomic E-state index is 0.260. The fourth-order valence-corrected chi connectivity index (χ4v) is 6.06. The summed E-state index contributed by atoms with van der Waals surface area (Å²) in [6.07, 6.45) is 1.22. The van der Waals surface area contributed by atoms with Crippen molar-refractivity contribution >= 4 is 38.9 Å². The second-order valence-electron chi connectivity index (χ2n) is 5.98. The molecular formula is C17H19ClN2O3S2. The average molecular weight is 399 g/mol. The third-order valence-electron chi connectivity index (χ3n) is 4.17. The van der Waals surface area contributed by atoms with E-state index in [-0.39, 0.29) is 5.91 Å². The second kappa shape index (κ2) is 7.45. The molecule has 0 saturated carbocycles. The number of rotatable bonds is 5. The van der Waals surface area contributed by atoms with Crippen molar-refractivity contribution < 1.29 is 13.2 Å². The lowest BCUT2D eigenvalue weighted by Gasteiger charge is -2.22. The molecule has 0 radical (unpaired) electrons. The summed E-state index contributed by atoms with van der Waals surface area (Å²) in [7, 11) is -3.63. The number of thiophene rings is 1. The SMILES string of the molecule is Cc1ccc(S(=O)(=O)N2CCC[C@@H]2C(=O)NCc2ccc(Cl)cc2)s1. The molecular weight excluding hydrogens is 380 g/mol. The van der Waals surface area contributed by atoms with Gasteiger partial charge in [-0.1, -0.05) is 23.7 Å². The third-order valence-corrected chi connectivity index (χ3v) is 7.79. The first kappa shape index (κ1) is 18.4. The quantitative estimate of drug-likeness (QED) is 0.841. The Balaban J connectivity index is 1.70. The number of nitrogens with zero attached hydrogens (tertiary/aromatic N) is 1. The molecule has 0 bridgehead atoms. The van der Waals surface area contributed by atoms with E-state index in [2.05, 4.69) is 5.32 Å². The van der Waals surface area contributed by atoms with Crippen LogP contribution in [0.1, 0.15) is 23.3 Å². The molecule has 1 N–H and O–H groups in total. The lowest BCUT2D eigenvalue weighted by Crippen LogP contribution is -2.45. The molecule has 2 aromatic rings. The summed E-state index contributed by atoms with van der Waals surface area (Å²) < 4.78 is 27.3. The summed E-state index contributed by atoms with van der Waals surface area (Å²) in [5.41, 5.74) is 0.916. The van der Waals surface area contributed by atoms with Crippen molar-refractivity contribution in [3.63, 3.8) is 0 Å². The number of hydrogen-bond donors (Lipinski definition) is 1. The lowest BCUT2D eigenvalue weighted by molar-refractivity contribution is -0.124. The fraction of sp³-hybridized carbons (Fsp3) is 0.353. The van der Waals surface area contributed by atoms with Crippen LogP contribution in [-0.4, -0.2) is 31.2 Å². The van der Waals surface area contributed by atoms with Crippen LogP contribution in [0.4, 0.5) is 0 Å². The Labute approximate surface area is 156 Å². The van der Waals surface area contributed by atoms with Gasteiger partial charge < -0.3 is 5.32 Å². The van der Waals surface area contributed by atoms with E-state index in [0.29, 0.717) is 35.2 Å². The summed E-state index contributed by atoms with van der Waals surface area (Å²) in [6, 6.07) is 9.92. The van der Waals surface area contributed by atoms with E-state index in [4.69, 9.17) is 11.6 Å². The first-order valence-electron chi connectivity index (χ1n) is 7.98. The smallest absolute Gasteiger partial charge is 0.253 e. The molecule has 5 nitrogen and oxygen atoms in total. The number of aryl methyl sites for hydroxylation is 1. The molecule has 134 valence electrons. The van der Waals surface area contributed by atoms with Gasteiger partial charge in [0.15, 0.2) is 0 Å². The highest BCUT2D eigenvalue weighted by Gasteiger charge is 2.39. The molecule has 1 aromatic carbocycles. The van der Waals surface area contributed by atoms with E-state index in [9.17, 15) is 13.2 Å². The molecule has 1 aliphatic rings. The molecule has 8 heteroatoms. The van der Waals surface area contributed by atoms with Crippen molar-refractivity contribution in [1.82, 2.24) is 9.62 Å². The van der Waals surface area contributed by atoms with Gasteiger partial charge in [-0.25, -0.2) is 8.42 Å². The normalized spacial score (nSPS) is 18.4. The topological polar surface area (TPSA) is 66.5 Å². The Morgan fingerprint density at radius 2 is 2.00 bits per heavy atom. The van der Waals surface area contributed by atoms with Crippen molar-refractivity contribution in [2.24, 2.45) is 0 Å². The first-order valence-corrected chi connectivity index (χ1v) is 10.6. The molecule has 1 atom stereocenters. The maximum Gasteiger partial charge on any atom is 0.253 e. The zero-order valence-corrected chi connectivity index (χ0v) is 16.1. The van der Waals surface area contributed by atoms with E-state index in [1.807, 2.05) is 19.1 Å². The van der Waals surface area contributed by atoms with E-state index >= 15 is 0 Å². The molecule has 1 saturated heterocycles. The largest absolute Gasteiger partial charge is 0.351 e. The van der Waals surface area contributed by atoms with Crippen LogP contribution in [0.5, 0.6) is 0 Å². The Bertz CT molecular complexity index is 862. The Morgan fingerprint density at radius 3 is 2.64 bits per heavy atom. The van der Waals surface area contributed by atoms with Gasteiger partial charge in [0.25, 0.3) is 10.0 Å². The van der Waals surface area contributed by atoms with Crippen molar-refractivity contribution in [3.05, 3.63) is 51.9 Å². The number of sulfonamides is 1.